The maximum Gasteiger partial charge on any atom is 0.189 e. The van der Waals surface area contributed by atoms with Crippen LogP contribution in [-0.4, -0.2) is 47.3 Å². The minimum Gasteiger partial charge on any atom is -0.354 e. The highest BCUT2D eigenvalue weighted by molar-refractivity contribution is 7.98. The summed E-state index contributed by atoms with van der Waals surface area (Å²) in [6.45, 7) is 9.06. The van der Waals surface area contributed by atoms with Gasteiger partial charge < -0.3 is 4.90 Å². The second kappa shape index (κ2) is 7.85. The molecule has 130 valence electrons. The van der Waals surface area contributed by atoms with Gasteiger partial charge in [-0.15, -0.1) is 0 Å². The lowest BCUT2D eigenvalue weighted by Crippen LogP contribution is -2.46. The molecule has 25 heavy (non-hydrogen) atoms. The van der Waals surface area contributed by atoms with Gasteiger partial charge in [-0.25, -0.2) is 9.97 Å². The Labute approximate surface area is 153 Å². The molecule has 0 atom stereocenters. The van der Waals surface area contributed by atoms with E-state index in [0.717, 1.165) is 49.4 Å². The molecule has 0 N–H and O–H groups in total. The smallest absolute Gasteiger partial charge is 0.189 e. The summed E-state index contributed by atoms with van der Waals surface area (Å²) in [5.74, 6) is 1.08. The molecule has 1 aliphatic rings. The van der Waals surface area contributed by atoms with Crippen LogP contribution in [0.3, 0.4) is 0 Å². The van der Waals surface area contributed by atoms with Crippen molar-refractivity contribution in [2.45, 2.75) is 25.5 Å². The first-order valence-corrected chi connectivity index (χ1v) is 9.68. The van der Waals surface area contributed by atoms with Crippen molar-refractivity contribution in [3.05, 3.63) is 46.6 Å². The van der Waals surface area contributed by atoms with Crippen LogP contribution in [0.4, 0.5) is 5.82 Å². The molecule has 5 nitrogen and oxygen atoms in total. The van der Waals surface area contributed by atoms with Crippen LogP contribution in [0.5, 0.6) is 0 Å². The Bertz CT molecular complexity index is 774. The predicted molar refractivity (Wildman–Crippen MR) is 102 cm³/mol. The molecule has 0 unspecified atom stereocenters. The lowest BCUT2D eigenvalue weighted by molar-refractivity contribution is 0.249. The average Bonchev–Trinajstić information content (AvgIpc) is 2.65. The number of thioether (sulfide) groups is 1. The van der Waals surface area contributed by atoms with E-state index >= 15 is 0 Å². The number of rotatable bonds is 4. The highest BCUT2D eigenvalue weighted by Crippen LogP contribution is 2.24. The van der Waals surface area contributed by atoms with E-state index in [1.807, 2.05) is 30.5 Å². The van der Waals surface area contributed by atoms with Crippen LogP contribution in [0.15, 0.2) is 29.4 Å². The van der Waals surface area contributed by atoms with Crippen LogP contribution < -0.4 is 4.90 Å². The number of nitriles is 1. The van der Waals surface area contributed by atoms with Crippen molar-refractivity contribution in [1.82, 2.24) is 14.9 Å². The number of nitrogens with zero attached hydrogens (tertiary/aromatic N) is 5. The fourth-order valence-corrected chi connectivity index (χ4v) is 3.45. The molecule has 1 fully saturated rings. The molecule has 3 rings (SSSR count). The lowest BCUT2D eigenvalue weighted by Gasteiger charge is -2.36. The molecule has 0 saturated carbocycles. The minimum atomic E-state index is 0.716. The Morgan fingerprint density at radius 2 is 1.76 bits per heavy atom. The van der Waals surface area contributed by atoms with Crippen molar-refractivity contribution in [3.63, 3.8) is 0 Å². The van der Waals surface area contributed by atoms with Crippen molar-refractivity contribution in [2.75, 3.05) is 37.3 Å². The van der Waals surface area contributed by atoms with Crippen LogP contribution in [0, 0.1) is 25.2 Å². The number of hydrogen-bond acceptors (Lipinski definition) is 6. The molecule has 1 aliphatic heterocycles. The van der Waals surface area contributed by atoms with Gasteiger partial charge in [0.1, 0.15) is 5.82 Å². The van der Waals surface area contributed by atoms with Crippen molar-refractivity contribution in [1.29, 1.82) is 5.26 Å². The Balaban J connectivity index is 1.64. The normalized spacial score (nSPS) is 15.2. The molecule has 1 saturated heterocycles. The number of benzene rings is 1. The number of hydrogen-bond donors (Lipinski definition) is 0. The van der Waals surface area contributed by atoms with Gasteiger partial charge in [-0.3, -0.25) is 4.90 Å². The summed E-state index contributed by atoms with van der Waals surface area (Å²) in [4.78, 5) is 14.1. The van der Waals surface area contributed by atoms with E-state index in [4.69, 9.17) is 10.2 Å². The topological polar surface area (TPSA) is 56.1 Å². The number of piperazine rings is 1. The molecule has 0 radical (unpaired) electrons. The first-order valence-electron chi connectivity index (χ1n) is 8.46. The first kappa shape index (κ1) is 17.7. The third kappa shape index (κ3) is 4.12. The van der Waals surface area contributed by atoms with E-state index in [2.05, 4.69) is 34.7 Å². The van der Waals surface area contributed by atoms with Crippen molar-refractivity contribution in [3.8, 4) is 6.07 Å². The van der Waals surface area contributed by atoms with Crippen molar-refractivity contribution in [2.24, 2.45) is 0 Å². The van der Waals surface area contributed by atoms with E-state index in [0.29, 0.717) is 5.56 Å². The fourth-order valence-electron chi connectivity index (χ4n) is 3.05. The fraction of sp³-hybridized carbons (Fsp3) is 0.421. The Morgan fingerprint density at radius 3 is 2.36 bits per heavy atom. The lowest BCUT2D eigenvalue weighted by atomic mass is 10.1. The Hall–Kier alpha value is -2.10. The van der Waals surface area contributed by atoms with Gasteiger partial charge in [0, 0.05) is 44.0 Å². The average molecular weight is 353 g/mol. The molecule has 0 bridgehead atoms. The van der Waals surface area contributed by atoms with E-state index in [1.54, 1.807) is 11.8 Å². The van der Waals surface area contributed by atoms with Gasteiger partial charge in [-0.2, -0.15) is 5.26 Å². The second-order valence-electron chi connectivity index (χ2n) is 6.32. The molecule has 1 aromatic heterocycles. The van der Waals surface area contributed by atoms with E-state index < -0.39 is 0 Å². The number of aromatic nitrogens is 2. The van der Waals surface area contributed by atoms with Crippen LogP contribution in [-0.2, 0) is 6.54 Å². The molecule has 2 heterocycles. The van der Waals surface area contributed by atoms with Gasteiger partial charge >= 0.3 is 0 Å². The van der Waals surface area contributed by atoms with Crippen LogP contribution >= 0.6 is 11.8 Å². The highest BCUT2D eigenvalue weighted by atomic mass is 32.2. The van der Waals surface area contributed by atoms with E-state index in [9.17, 15) is 0 Å². The van der Waals surface area contributed by atoms with Gasteiger partial charge in [0.05, 0.1) is 11.6 Å². The van der Waals surface area contributed by atoms with Crippen LogP contribution in [0.25, 0.3) is 0 Å². The Kier molecular flexibility index (Phi) is 5.57. The maximum atomic E-state index is 8.89. The second-order valence-corrected chi connectivity index (χ2v) is 7.09. The zero-order chi connectivity index (χ0) is 17.8. The van der Waals surface area contributed by atoms with Crippen molar-refractivity contribution < 1.29 is 0 Å². The molecule has 0 spiro atoms. The third-order valence-electron chi connectivity index (χ3n) is 4.69. The summed E-state index contributed by atoms with van der Waals surface area (Å²) >= 11 is 1.59. The number of anilines is 1. The van der Waals surface area contributed by atoms with Gasteiger partial charge in [-0.1, -0.05) is 23.9 Å². The predicted octanol–water partition coefficient (Wildman–Crippen LogP) is 3.01. The zero-order valence-electron chi connectivity index (χ0n) is 15.0. The summed E-state index contributed by atoms with van der Waals surface area (Å²) in [7, 11) is 0. The van der Waals surface area contributed by atoms with Crippen LogP contribution in [0.1, 0.15) is 22.4 Å². The molecule has 6 heteroatoms. The monoisotopic (exact) mass is 353 g/mol. The first-order chi connectivity index (χ1) is 12.1. The van der Waals surface area contributed by atoms with Gasteiger partial charge in [0.15, 0.2) is 5.16 Å². The third-order valence-corrected chi connectivity index (χ3v) is 5.23. The summed E-state index contributed by atoms with van der Waals surface area (Å²) < 4.78 is 0. The quantitative estimate of drug-likeness (QED) is 0.622. The van der Waals surface area contributed by atoms with E-state index in [-0.39, 0.29) is 0 Å². The standard InChI is InChI=1S/C19H23N5S/c1-14-15(2)21-19(25-3)22-18(14)24-10-8-23(9-11-24)13-17-6-4-16(12-20)5-7-17/h4-7H,8-11,13H2,1-3H3. The summed E-state index contributed by atoms with van der Waals surface area (Å²) in [5, 5.41) is 9.73. The number of aryl methyl sites for hydroxylation is 1. The largest absolute Gasteiger partial charge is 0.354 e. The molecule has 0 amide bonds. The van der Waals surface area contributed by atoms with Crippen LogP contribution in [0.2, 0.25) is 0 Å². The SMILES string of the molecule is CSc1nc(C)c(C)c(N2CCN(Cc3ccc(C#N)cc3)CC2)n1. The van der Waals surface area contributed by atoms with Gasteiger partial charge in [0.2, 0.25) is 0 Å². The molecule has 1 aromatic carbocycles. The highest BCUT2D eigenvalue weighted by Gasteiger charge is 2.21. The molecule has 0 aliphatic carbocycles. The molecule has 2 aromatic rings. The minimum absolute atomic E-state index is 0.716. The molecular formula is C19H23N5S. The van der Waals surface area contributed by atoms with Crippen molar-refractivity contribution >= 4 is 17.6 Å². The van der Waals surface area contributed by atoms with Gasteiger partial charge in [-0.05, 0) is 37.8 Å². The molecular weight excluding hydrogens is 330 g/mol. The zero-order valence-corrected chi connectivity index (χ0v) is 15.8. The maximum absolute atomic E-state index is 8.89. The van der Waals surface area contributed by atoms with Gasteiger partial charge in [0.25, 0.3) is 0 Å². The van der Waals surface area contributed by atoms with E-state index in [1.165, 1.54) is 11.1 Å². The summed E-state index contributed by atoms with van der Waals surface area (Å²) in [6, 6.07) is 10.0. The summed E-state index contributed by atoms with van der Waals surface area (Å²) in [5.41, 5.74) is 4.21. The summed E-state index contributed by atoms with van der Waals surface area (Å²) in [6.07, 6.45) is 2.02. The Morgan fingerprint density at radius 1 is 1.08 bits per heavy atom.